The predicted molar refractivity (Wildman–Crippen MR) is 71.2 cm³/mol. The van der Waals surface area contributed by atoms with Crippen LogP contribution in [0.25, 0.3) is 0 Å². The van der Waals surface area contributed by atoms with E-state index in [-0.39, 0.29) is 18.9 Å². The molecule has 0 saturated heterocycles. The van der Waals surface area contributed by atoms with Crippen LogP contribution >= 0.6 is 0 Å². The van der Waals surface area contributed by atoms with Gasteiger partial charge in [-0.2, -0.15) is 0 Å². The minimum atomic E-state index is -0.740. The fourth-order valence-corrected chi connectivity index (χ4v) is 1.24. The molecule has 0 bridgehead atoms. The average molecular weight is 261 g/mol. The average Bonchev–Trinajstić information content (AvgIpc) is 2.38. The minimum Gasteiger partial charge on any atom is -0.484 e. The fraction of sp³-hybridized carbons (Fsp3) is 0.231. The largest absolute Gasteiger partial charge is 0.484 e. The van der Waals surface area contributed by atoms with Crippen molar-refractivity contribution < 1.29 is 14.3 Å². The second kappa shape index (κ2) is 7.03. The molecular formula is C13H15N3O3. The van der Waals surface area contributed by atoms with Gasteiger partial charge in [0.25, 0.3) is 5.91 Å². The van der Waals surface area contributed by atoms with E-state index in [4.69, 9.17) is 22.6 Å². The lowest BCUT2D eigenvalue weighted by Gasteiger charge is -2.10. The van der Waals surface area contributed by atoms with Gasteiger partial charge in [0.1, 0.15) is 5.75 Å². The van der Waals surface area contributed by atoms with Crippen LogP contribution in [0.15, 0.2) is 24.3 Å². The molecule has 1 atom stereocenters. The number of ether oxygens (including phenoxy) is 1. The highest BCUT2D eigenvalue weighted by atomic mass is 16.5. The molecule has 100 valence electrons. The Kier molecular flexibility index (Phi) is 5.38. The van der Waals surface area contributed by atoms with E-state index in [1.165, 1.54) is 0 Å². The summed E-state index contributed by atoms with van der Waals surface area (Å²) in [5.41, 5.74) is 11.1. The Bertz CT molecular complexity index is 491. The maximum Gasteiger partial charge on any atom is 0.255 e. The maximum atomic E-state index is 11.6. The number of benzene rings is 1. The van der Waals surface area contributed by atoms with Crippen molar-refractivity contribution >= 4 is 17.5 Å². The van der Waals surface area contributed by atoms with Crippen molar-refractivity contribution in [2.45, 2.75) is 12.5 Å². The van der Waals surface area contributed by atoms with E-state index in [1.807, 2.05) is 0 Å². The molecule has 0 aliphatic carbocycles. The van der Waals surface area contributed by atoms with Gasteiger partial charge < -0.3 is 21.5 Å². The molecule has 0 aromatic heterocycles. The van der Waals surface area contributed by atoms with Crippen LogP contribution in [0, 0.1) is 12.3 Å². The molecular weight excluding hydrogens is 246 g/mol. The number of carbonyl (C=O) groups excluding carboxylic acids is 2. The molecule has 0 aliphatic heterocycles. The third-order valence-corrected chi connectivity index (χ3v) is 2.18. The Labute approximate surface area is 111 Å². The van der Waals surface area contributed by atoms with Gasteiger partial charge in [-0.05, 0) is 24.3 Å². The number of amides is 2. The van der Waals surface area contributed by atoms with Crippen molar-refractivity contribution in [3.63, 3.8) is 0 Å². The lowest BCUT2D eigenvalue weighted by Crippen LogP contribution is -2.35. The van der Waals surface area contributed by atoms with E-state index in [9.17, 15) is 9.59 Å². The Hall–Kier alpha value is -2.52. The van der Waals surface area contributed by atoms with Gasteiger partial charge in [0.2, 0.25) is 5.91 Å². The van der Waals surface area contributed by atoms with E-state index in [0.717, 1.165) is 0 Å². The molecule has 0 heterocycles. The normalized spacial score (nSPS) is 11.2. The summed E-state index contributed by atoms with van der Waals surface area (Å²) in [6, 6.07) is 5.71. The first-order valence-electron chi connectivity index (χ1n) is 5.54. The Morgan fingerprint density at radius 2 is 2.00 bits per heavy atom. The molecule has 0 fully saturated rings. The molecule has 1 aromatic carbocycles. The summed E-state index contributed by atoms with van der Waals surface area (Å²) in [6.07, 6.45) is 5.25. The van der Waals surface area contributed by atoms with Crippen LogP contribution in [0.3, 0.4) is 0 Å². The van der Waals surface area contributed by atoms with Crippen LogP contribution < -0.4 is 21.5 Å². The second-order valence-electron chi connectivity index (χ2n) is 3.78. The monoisotopic (exact) mass is 261 g/mol. The molecule has 1 aromatic rings. The van der Waals surface area contributed by atoms with Crippen molar-refractivity contribution in [2.75, 3.05) is 11.9 Å². The number of carbonyl (C=O) groups is 2. The standard InChI is InChI=1S/C13H15N3O3/c1-2-3-11(14)13(18)16-9-4-6-10(7-5-9)19-8-12(15)17/h1,4-7,11H,3,8,14H2,(H2,15,17)(H,16,18). The molecule has 0 aliphatic rings. The molecule has 1 unspecified atom stereocenters. The lowest BCUT2D eigenvalue weighted by atomic mass is 10.2. The Morgan fingerprint density at radius 3 is 2.53 bits per heavy atom. The molecule has 2 amide bonds. The summed E-state index contributed by atoms with van der Waals surface area (Å²) < 4.78 is 5.07. The van der Waals surface area contributed by atoms with E-state index < -0.39 is 11.9 Å². The number of primary amides is 1. The summed E-state index contributed by atoms with van der Waals surface area (Å²) >= 11 is 0. The zero-order valence-electron chi connectivity index (χ0n) is 10.3. The van der Waals surface area contributed by atoms with Gasteiger partial charge in [-0.1, -0.05) is 0 Å². The van der Waals surface area contributed by atoms with E-state index in [1.54, 1.807) is 24.3 Å². The van der Waals surface area contributed by atoms with Crippen molar-refractivity contribution in [3.8, 4) is 18.1 Å². The summed E-state index contributed by atoms with van der Waals surface area (Å²) in [7, 11) is 0. The fourth-order valence-electron chi connectivity index (χ4n) is 1.24. The van der Waals surface area contributed by atoms with Gasteiger partial charge in [-0.15, -0.1) is 12.3 Å². The SMILES string of the molecule is C#CCC(N)C(=O)Nc1ccc(OCC(N)=O)cc1. The summed E-state index contributed by atoms with van der Waals surface area (Å²) in [5.74, 6) is 1.88. The van der Waals surface area contributed by atoms with Gasteiger partial charge in [0.15, 0.2) is 6.61 Å². The number of terminal acetylenes is 1. The number of hydrogen-bond donors (Lipinski definition) is 3. The first-order valence-corrected chi connectivity index (χ1v) is 5.54. The summed E-state index contributed by atoms with van der Waals surface area (Å²) in [5, 5.41) is 2.61. The minimum absolute atomic E-state index is 0.172. The molecule has 0 spiro atoms. The molecule has 1 rings (SSSR count). The smallest absolute Gasteiger partial charge is 0.255 e. The number of hydrogen-bond acceptors (Lipinski definition) is 4. The zero-order chi connectivity index (χ0) is 14.3. The molecule has 6 nitrogen and oxygen atoms in total. The highest BCUT2D eigenvalue weighted by Crippen LogP contribution is 2.15. The Morgan fingerprint density at radius 1 is 1.37 bits per heavy atom. The number of nitrogens with one attached hydrogen (secondary N) is 1. The predicted octanol–water partition coefficient (Wildman–Crippen LogP) is -0.160. The second-order valence-corrected chi connectivity index (χ2v) is 3.78. The molecule has 0 radical (unpaired) electrons. The van der Waals surface area contributed by atoms with Crippen LogP contribution in [-0.4, -0.2) is 24.5 Å². The highest BCUT2D eigenvalue weighted by Gasteiger charge is 2.11. The van der Waals surface area contributed by atoms with Gasteiger partial charge in [0, 0.05) is 12.1 Å². The molecule has 5 N–H and O–H groups in total. The van der Waals surface area contributed by atoms with Crippen LogP contribution in [0.1, 0.15) is 6.42 Å². The molecule has 6 heteroatoms. The first kappa shape index (κ1) is 14.5. The van der Waals surface area contributed by atoms with Gasteiger partial charge in [-0.25, -0.2) is 0 Å². The highest BCUT2D eigenvalue weighted by molar-refractivity contribution is 5.94. The summed E-state index contributed by atoms with van der Waals surface area (Å²) in [6.45, 7) is -0.196. The van der Waals surface area contributed by atoms with Crippen molar-refractivity contribution in [1.29, 1.82) is 0 Å². The third kappa shape index (κ3) is 5.10. The first-order chi connectivity index (χ1) is 9.02. The van der Waals surface area contributed by atoms with Crippen LogP contribution in [-0.2, 0) is 9.59 Å². The lowest BCUT2D eigenvalue weighted by molar-refractivity contribution is -0.120. The number of rotatable bonds is 6. The Balaban J connectivity index is 2.55. The third-order valence-electron chi connectivity index (χ3n) is 2.18. The topological polar surface area (TPSA) is 107 Å². The van der Waals surface area contributed by atoms with Gasteiger partial charge in [0.05, 0.1) is 6.04 Å². The molecule has 19 heavy (non-hydrogen) atoms. The van der Waals surface area contributed by atoms with Crippen molar-refractivity contribution in [2.24, 2.45) is 11.5 Å². The van der Waals surface area contributed by atoms with Gasteiger partial charge >= 0.3 is 0 Å². The van der Waals surface area contributed by atoms with E-state index >= 15 is 0 Å². The van der Waals surface area contributed by atoms with Gasteiger partial charge in [-0.3, -0.25) is 9.59 Å². The maximum absolute atomic E-state index is 11.6. The van der Waals surface area contributed by atoms with Crippen LogP contribution in [0.4, 0.5) is 5.69 Å². The van der Waals surface area contributed by atoms with Crippen LogP contribution in [0.5, 0.6) is 5.75 Å². The summed E-state index contributed by atoms with van der Waals surface area (Å²) in [4.78, 5) is 22.1. The number of anilines is 1. The van der Waals surface area contributed by atoms with Crippen molar-refractivity contribution in [1.82, 2.24) is 0 Å². The van der Waals surface area contributed by atoms with Crippen molar-refractivity contribution in [3.05, 3.63) is 24.3 Å². The molecule has 0 saturated carbocycles. The zero-order valence-corrected chi connectivity index (χ0v) is 10.3. The quantitative estimate of drug-likeness (QED) is 0.618. The van der Waals surface area contributed by atoms with E-state index in [2.05, 4.69) is 11.2 Å². The van der Waals surface area contributed by atoms with E-state index in [0.29, 0.717) is 11.4 Å². The van der Waals surface area contributed by atoms with Crippen LogP contribution in [0.2, 0.25) is 0 Å². The number of nitrogens with two attached hydrogens (primary N) is 2.